The van der Waals surface area contributed by atoms with Gasteiger partial charge in [0.15, 0.2) is 11.6 Å². The van der Waals surface area contributed by atoms with Gasteiger partial charge in [0.25, 0.3) is 0 Å². The van der Waals surface area contributed by atoms with Crippen LogP contribution < -0.4 is 4.18 Å². The molecule has 2 aromatic carbocycles. The van der Waals surface area contributed by atoms with E-state index in [-0.39, 0.29) is 16.3 Å². The Hall–Kier alpha value is -2.36. The van der Waals surface area contributed by atoms with Gasteiger partial charge in [-0.05, 0) is 23.6 Å². The summed E-state index contributed by atoms with van der Waals surface area (Å²) in [6.07, 6.45) is 0. The van der Waals surface area contributed by atoms with Crippen molar-refractivity contribution in [2.75, 3.05) is 7.11 Å². The summed E-state index contributed by atoms with van der Waals surface area (Å²) in [6.45, 7) is 0. The van der Waals surface area contributed by atoms with E-state index < -0.39 is 33.2 Å². The monoisotopic (exact) mass is 352 g/mol. The molecule has 0 heterocycles. The number of methoxy groups -OCH3 is 1. The van der Waals surface area contributed by atoms with Gasteiger partial charge in [-0.25, -0.2) is 9.18 Å². The van der Waals surface area contributed by atoms with Crippen LogP contribution in [0.15, 0.2) is 30.3 Å². The van der Waals surface area contributed by atoms with Crippen LogP contribution in [0.4, 0.5) is 17.6 Å². The second kappa shape index (κ2) is 5.69. The van der Waals surface area contributed by atoms with Crippen LogP contribution >= 0.6 is 0 Å². The Morgan fingerprint density at radius 1 is 1.13 bits per heavy atom. The molecule has 0 aliphatic heterocycles. The van der Waals surface area contributed by atoms with Crippen LogP contribution in [-0.4, -0.2) is 27.0 Å². The molecule has 0 aliphatic carbocycles. The molecule has 0 radical (unpaired) electrons. The summed E-state index contributed by atoms with van der Waals surface area (Å²) in [4.78, 5) is 11.4. The van der Waals surface area contributed by atoms with E-state index in [0.717, 1.165) is 19.2 Å². The molecule has 0 amide bonds. The maximum atomic E-state index is 13.8. The topological polar surface area (TPSA) is 69.7 Å². The molecule has 0 unspecified atom stereocenters. The molecular weight excluding hydrogens is 344 g/mol. The van der Waals surface area contributed by atoms with Gasteiger partial charge >= 0.3 is 21.6 Å². The molecule has 0 bridgehead atoms. The Labute approximate surface area is 127 Å². The number of halogens is 4. The van der Waals surface area contributed by atoms with E-state index in [0.29, 0.717) is 0 Å². The number of benzene rings is 2. The summed E-state index contributed by atoms with van der Waals surface area (Å²) in [5, 5.41) is -0.146. The van der Waals surface area contributed by atoms with Gasteiger partial charge in [-0.1, -0.05) is 12.1 Å². The van der Waals surface area contributed by atoms with Crippen LogP contribution in [0.5, 0.6) is 5.75 Å². The van der Waals surface area contributed by atoms with Gasteiger partial charge in [0.05, 0.1) is 12.7 Å². The number of fused-ring (bicyclic) bond motifs is 1. The van der Waals surface area contributed by atoms with Gasteiger partial charge in [0, 0.05) is 5.39 Å². The lowest BCUT2D eigenvalue weighted by molar-refractivity contribution is -0.0500. The number of alkyl halides is 3. The third-order valence-electron chi connectivity index (χ3n) is 2.82. The van der Waals surface area contributed by atoms with Crippen molar-refractivity contribution in [2.24, 2.45) is 0 Å². The quantitative estimate of drug-likeness (QED) is 0.368. The van der Waals surface area contributed by atoms with Gasteiger partial charge in [0.2, 0.25) is 0 Å². The highest BCUT2D eigenvalue weighted by Gasteiger charge is 2.49. The average molecular weight is 352 g/mol. The molecule has 10 heteroatoms. The van der Waals surface area contributed by atoms with Crippen molar-refractivity contribution in [3.63, 3.8) is 0 Å². The molecule has 0 N–H and O–H groups in total. The van der Waals surface area contributed by atoms with Crippen LogP contribution in [0.1, 0.15) is 10.4 Å². The predicted octanol–water partition coefficient (Wildman–Crippen LogP) is 2.99. The van der Waals surface area contributed by atoms with Gasteiger partial charge < -0.3 is 8.92 Å². The first-order valence-electron chi connectivity index (χ1n) is 5.88. The van der Waals surface area contributed by atoms with E-state index in [1.165, 1.54) is 18.2 Å². The highest BCUT2D eigenvalue weighted by Crippen LogP contribution is 2.34. The Morgan fingerprint density at radius 3 is 2.30 bits per heavy atom. The first kappa shape index (κ1) is 17.0. The fourth-order valence-corrected chi connectivity index (χ4v) is 2.24. The second-order valence-corrected chi connectivity index (χ2v) is 5.83. The van der Waals surface area contributed by atoms with Crippen LogP contribution in [-0.2, 0) is 14.9 Å². The molecule has 0 saturated heterocycles. The van der Waals surface area contributed by atoms with Crippen LogP contribution in [0.3, 0.4) is 0 Å². The minimum Gasteiger partial charge on any atom is -0.465 e. The number of esters is 1. The third kappa shape index (κ3) is 3.21. The van der Waals surface area contributed by atoms with Crippen molar-refractivity contribution >= 4 is 26.9 Å². The molecule has 124 valence electrons. The summed E-state index contributed by atoms with van der Waals surface area (Å²) < 4.78 is 81.5. The van der Waals surface area contributed by atoms with Crippen molar-refractivity contribution in [3.05, 3.63) is 41.7 Å². The minimum atomic E-state index is -6.06. The third-order valence-corrected chi connectivity index (χ3v) is 3.77. The van der Waals surface area contributed by atoms with E-state index in [1.807, 2.05) is 0 Å². The lowest BCUT2D eigenvalue weighted by atomic mass is 10.1. The summed E-state index contributed by atoms with van der Waals surface area (Å²) in [6, 6.07) is 5.49. The summed E-state index contributed by atoms with van der Waals surface area (Å²) in [7, 11) is -4.99. The van der Waals surface area contributed by atoms with E-state index in [2.05, 4.69) is 8.92 Å². The van der Waals surface area contributed by atoms with Crippen molar-refractivity contribution in [2.45, 2.75) is 5.51 Å². The number of hydrogen-bond donors (Lipinski definition) is 0. The molecule has 23 heavy (non-hydrogen) atoms. The zero-order valence-corrected chi connectivity index (χ0v) is 12.2. The van der Waals surface area contributed by atoms with Gasteiger partial charge in [-0.3, -0.25) is 0 Å². The maximum Gasteiger partial charge on any atom is 0.534 e. The lowest BCUT2D eigenvalue weighted by Crippen LogP contribution is -2.28. The number of hydrogen-bond acceptors (Lipinski definition) is 5. The molecule has 5 nitrogen and oxygen atoms in total. The molecule has 0 aliphatic rings. The molecule has 0 spiro atoms. The summed E-state index contributed by atoms with van der Waals surface area (Å²) in [5.41, 5.74) is -5.83. The normalized spacial score (nSPS) is 12.2. The summed E-state index contributed by atoms with van der Waals surface area (Å²) >= 11 is 0. The first-order chi connectivity index (χ1) is 10.6. The summed E-state index contributed by atoms with van der Waals surface area (Å²) in [5.74, 6) is -3.31. The zero-order valence-electron chi connectivity index (χ0n) is 11.3. The van der Waals surface area contributed by atoms with Crippen molar-refractivity contribution in [1.29, 1.82) is 0 Å². The van der Waals surface area contributed by atoms with Crippen molar-refractivity contribution < 1.29 is 39.7 Å². The molecule has 0 saturated carbocycles. The number of carbonyl (C=O) groups is 1. The smallest absolute Gasteiger partial charge is 0.465 e. The zero-order chi connectivity index (χ0) is 17.4. The molecule has 0 atom stereocenters. The fourth-order valence-electron chi connectivity index (χ4n) is 1.75. The SMILES string of the molecule is COC(=O)c1ccc2ccc(F)c(OS(=O)(=O)C(F)(F)F)c2c1. The van der Waals surface area contributed by atoms with Gasteiger partial charge in [-0.2, -0.15) is 21.6 Å². The van der Waals surface area contributed by atoms with E-state index in [4.69, 9.17) is 0 Å². The highest BCUT2D eigenvalue weighted by atomic mass is 32.2. The number of rotatable bonds is 3. The molecular formula is C13H8F4O5S. The number of ether oxygens (including phenoxy) is 1. The molecule has 2 aromatic rings. The molecule has 2 rings (SSSR count). The van der Waals surface area contributed by atoms with E-state index >= 15 is 0 Å². The number of carbonyl (C=O) groups excluding carboxylic acids is 1. The van der Waals surface area contributed by atoms with Crippen molar-refractivity contribution in [1.82, 2.24) is 0 Å². The van der Waals surface area contributed by atoms with Gasteiger partial charge in [0.1, 0.15) is 0 Å². The standard InChI is InChI=1S/C13H8F4O5S/c1-21-12(18)8-3-2-7-4-5-10(14)11(9(7)6-8)22-23(19,20)13(15,16)17/h2-6H,1H3. The second-order valence-electron chi connectivity index (χ2n) is 4.29. The lowest BCUT2D eigenvalue weighted by Gasteiger charge is -2.12. The minimum absolute atomic E-state index is 0.111. The Bertz CT molecular complexity index is 874. The van der Waals surface area contributed by atoms with Crippen molar-refractivity contribution in [3.8, 4) is 5.75 Å². The highest BCUT2D eigenvalue weighted by molar-refractivity contribution is 7.88. The first-order valence-corrected chi connectivity index (χ1v) is 7.29. The van der Waals surface area contributed by atoms with E-state index in [1.54, 1.807) is 0 Å². The van der Waals surface area contributed by atoms with E-state index in [9.17, 15) is 30.8 Å². The van der Waals surface area contributed by atoms with Crippen LogP contribution in [0.25, 0.3) is 10.8 Å². The van der Waals surface area contributed by atoms with Crippen LogP contribution in [0.2, 0.25) is 0 Å². The van der Waals surface area contributed by atoms with Crippen LogP contribution in [0, 0.1) is 5.82 Å². The largest absolute Gasteiger partial charge is 0.534 e. The predicted molar refractivity (Wildman–Crippen MR) is 70.8 cm³/mol. The average Bonchev–Trinajstić information content (AvgIpc) is 2.47. The van der Waals surface area contributed by atoms with Gasteiger partial charge in [-0.15, -0.1) is 0 Å². The molecule has 0 fully saturated rings. The molecule has 0 aromatic heterocycles. The Morgan fingerprint density at radius 2 is 1.74 bits per heavy atom. The Balaban J connectivity index is 2.67. The maximum absolute atomic E-state index is 13.8. The Kier molecular flexibility index (Phi) is 4.20. The fraction of sp³-hybridized carbons (Fsp3) is 0.154.